The molecule has 0 aromatic carbocycles. The van der Waals surface area contributed by atoms with Gasteiger partial charge in [0.2, 0.25) is 5.78 Å². The molecule has 0 amide bonds. The number of aliphatic hydroxyl groups is 2. The van der Waals surface area contributed by atoms with Gasteiger partial charge in [-0.1, -0.05) is 25.5 Å². The van der Waals surface area contributed by atoms with Gasteiger partial charge in [0.25, 0.3) is 0 Å². The number of hydrogen-bond acceptors (Lipinski definition) is 6. The Morgan fingerprint density at radius 1 is 1.28 bits per heavy atom. The van der Waals surface area contributed by atoms with Crippen molar-refractivity contribution >= 4 is 17.5 Å². The van der Waals surface area contributed by atoms with Crippen molar-refractivity contribution in [3.8, 4) is 0 Å². The molecule has 3 fully saturated rings. The summed E-state index contributed by atoms with van der Waals surface area (Å²) >= 11 is 0. The average Bonchev–Trinajstić information content (AvgIpc) is 2.91. The second kappa shape index (κ2) is 6.61. The first-order chi connectivity index (χ1) is 13.5. The number of allylic oxidation sites excluding steroid dienone is 4. The van der Waals surface area contributed by atoms with Crippen LogP contribution in [0.3, 0.4) is 0 Å². The maximum atomic E-state index is 12.9. The zero-order chi connectivity index (χ0) is 21.2. The Hall–Kier alpha value is -1.79. The van der Waals surface area contributed by atoms with E-state index in [-0.39, 0.29) is 29.0 Å². The minimum atomic E-state index is -1.60. The van der Waals surface area contributed by atoms with Gasteiger partial charge in [-0.3, -0.25) is 14.4 Å². The van der Waals surface area contributed by atoms with Crippen LogP contribution in [0.2, 0.25) is 0 Å². The number of esters is 1. The van der Waals surface area contributed by atoms with Crippen LogP contribution in [0, 0.1) is 28.6 Å². The minimum absolute atomic E-state index is 0.00243. The highest BCUT2D eigenvalue weighted by Gasteiger charge is 2.68. The van der Waals surface area contributed by atoms with E-state index in [2.05, 4.69) is 6.92 Å². The van der Waals surface area contributed by atoms with Crippen LogP contribution in [0.25, 0.3) is 0 Å². The van der Waals surface area contributed by atoms with Crippen LogP contribution in [-0.2, 0) is 19.1 Å². The normalized spacial score (nSPS) is 45.7. The molecule has 0 radical (unpaired) electrons. The van der Waals surface area contributed by atoms with E-state index in [1.807, 2.05) is 13.0 Å². The van der Waals surface area contributed by atoms with Crippen molar-refractivity contribution in [2.45, 2.75) is 64.6 Å². The molecule has 158 valence electrons. The van der Waals surface area contributed by atoms with Gasteiger partial charge in [-0.15, -0.1) is 0 Å². The van der Waals surface area contributed by atoms with Gasteiger partial charge in [-0.05, 0) is 56.1 Å². The maximum absolute atomic E-state index is 12.9. The third-order valence-electron chi connectivity index (χ3n) is 8.52. The summed E-state index contributed by atoms with van der Waals surface area (Å²) in [5.41, 5.74) is -1.67. The molecular weight excluding hydrogens is 372 g/mol. The van der Waals surface area contributed by atoms with Crippen molar-refractivity contribution in [2.75, 3.05) is 6.61 Å². The molecule has 0 unspecified atom stereocenters. The van der Waals surface area contributed by atoms with Crippen molar-refractivity contribution < 1.29 is 29.3 Å². The fraction of sp³-hybridized carbons (Fsp3) is 0.696. The Labute approximate surface area is 171 Å². The Kier molecular flexibility index (Phi) is 4.67. The van der Waals surface area contributed by atoms with Gasteiger partial charge in [0, 0.05) is 23.7 Å². The topological polar surface area (TPSA) is 101 Å². The molecule has 0 aliphatic heterocycles. The summed E-state index contributed by atoms with van der Waals surface area (Å²) < 4.78 is 4.88. The van der Waals surface area contributed by atoms with Crippen molar-refractivity contribution in [3.63, 3.8) is 0 Å². The Balaban J connectivity index is 1.66. The van der Waals surface area contributed by atoms with Crippen LogP contribution in [0.15, 0.2) is 23.8 Å². The molecule has 0 heterocycles. The van der Waals surface area contributed by atoms with E-state index in [0.29, 0.717) is 19.3 Å². The lowest BCUT2D eigenvalue weighted by Gasteiger charge is -2.59. The van der Waals surface area contributed by atoms with E-state index in [9.17, 15) is 24.6 Å². The Morgan fingerprint density at radius 2 is 2.00 bits per heavy atom. The number of rotatable bonds is 3. The van der Waals surface area contributed by atoms with Crippen LogP contribution in [0.5, 0.6) is 0 Å². The summed E-state index contributed by atoms with van der Waals surface area (Å²) in [5.74, 6) is -0.836. The van der Waals surface area contributed by atoms with E-state index < -0.39 is 35.5 Å². The van der Waals surface area contributed by atoms with Gasteiger partial charge < -0.3 is 14.9 Å². The second-order valence-electron chi connectivity index (χ2n) is 9.81. The standard InChI is InChI=1S/C23H30O6/c1-13(24)29-12-19(27)23(28)9-7-17-16-5-4-14-10-15(25)6-8-21(14,2)20(16)18(26)11-22(17,23)3/h6,8,10,16-18,20,26,28H,4-5,7,9,11-12H2,1-3H3/t16-,17+,18-,20-,21-,22-,23-/m0/s1. The molecule has 4 aliphatic carbocycles. The lowest BCUT2D eigenvalue weighted by Crippen LogP contribution is -2.61. The van der Waals surface area contributed by atoms with Crippen LogP contribution in [0.4, 0.5) is 0 Å². The minimum Gasteiger partial charge on any atom is -0.458 e. The highest BCUT2D eigenvalue weighted by atomic mass is 16.5. The molecule has 6 heteroatoms. The molecule has 7 atom stereocenters. The summed E-state index contributed by atoms with van der Waals surface area (Å²) in [6, 6.07) is 0. The third-order valence-corrected chi connectivity index (χ3v) is 8.52. The molecule has 4 aliphatic rings. The van der Waals surface area contributed by atoms with Crippen LogP contribution in [-0.4, -0.2) is 46.1 Å². The molecular formula is C23H30O6. The second-order valence-corrected chi connectivity index (χ2v) is 9.81. The number of fused-ring (bicyclic) bond motifs is 5. The van der Waals surface area contributed by atoms with Gasteiger partial charge in [-0.2, -0.15) is 0 Å². The number of carbonyl (C=O) groups excluding carboxylic acids is 3. The third kappa shape index (κ3) is 2.79. The summed E-state index contributed by atoms with van der Waals surface area (Å²) in [5, 5.41) is 22.7. The number of ketones is 2. The molecule has 3 saturated carbocycles. The van der Waals surface area contributed by atoms with Crippen molar-refractivity contribution in [1.82, 2.24) is 0 Å². The van der Waals surface area contributed by atoms with E-state index in [1.165, 1.54) is 6.92 Å². The molecule has 6 nitrogen and oxygen atoms in total. The van der Waals surface area contributed by atoms with Crippen LogP contribution >= 0.6 is 0 Å². The smallest absolute Gasteiger partial charge is 0.303 e. The molecule has 0 aromatic heterocycles. The largest absolute Gasteiger partial charge is 0.458 e. The summed E-state index contributed by atoms with van der Waals surface area (Å²) in [6.45, 7) is 4.80. The summed E-state index contributed by atoms with van der Waals surface area (Å²) in [6.07, 6.45) is 7.50. The lowest BCUT2D eigenvalue weighted by atomic mass is 9.46. The number of Topliss-reactive ketones (excluding diaryl/α,β-unsaturated/α-hetero) is 1. The monoisotopic (exact) mass is 402 g/mol. The number of ether oxygens (including phenoxy) is 1. The van der Waals surface area contributed by atoms with Gasteiger partial charge >= 0.3 is 5.97 Å². The number of aliphatic hydroxyl groups excluding tert-OH is 1. The van der Waals surface area contributed by atoms with Gasteiger partial charge in [-0.25, -0.2) is 0 Å². The van der Waals surface area contributed by atoms with Gasteiger partial charge in [0.15, 0.2) is 12.4 Å². The van der Waals surface area contributed by atoms with E-state index in [4.69, 9.17) is 4.74 Å². The summed E-state index contributed by atoms with van der Waals surface area (Å²) in [7, 11) is 0. The van der Waals surface area contributed by atoms with E-state index in [1.54, 1.807) is 12.2 Å². The average molecular weight is 402 g/mol. The molecule has 0 aromatic rings. The SMILES string of the molecule is CC(=O)OCC(=O)[C@@]1(O)CC[C@@H]2[C@@H]3CCC4=CC(=O)C=C[C@]4(C)[C@@H]3[C@@H](O)C[C@@]21C. The van der Waals surface area contributed by atoms with Crippen LogP contribution in [0.1, 0.15) is 52.9 Å². The van der Waals surface area contributed by atoms with E-state index >= 15 is 0 Å². The fourth-order valence-corrected chi connectivity index (χ4v) is 7.08. The molecule has 2 N–H and O–H groups in total. The molecule has 0 spiro atoms. The molecule has 4 rings (SSSR count). The molecule has 29 heavy (non-hydrogen) atoms. The fourth-order valence-electron chi connectivity index (χ4n) is 7.08. The highest BCUT2D eigenvalue weighted by molar-refractivity contribution is 6.01. The van der Waals surface area contributed by atoms with Crippen molar-refractivity contribution in [1.29, 1.82) is 0 Å². The van der Waals surface area contributed by atoms with E-state index in [0.717, 1.165) is 18.4 Å². The zero-order valence-electron chi connectivity index (χ0n) is 17.3. The molecule has 0 bridgehead atoms. The Morgan fingerprint density at radius 3 is 2.69 bits per heavy atom. The first-order valence-electron chi connectivity index (χ1n) is 10.5. The van der Waals surface area contributed by atoms with Crippen LogP contribution < -0.4 is 0 Å². The predicted molar refractivity (Wildman–Crippen MR) is 105 cm³/mol. The summed E-state index contributed by atoms with van der Waals surface area (Å²) in [4.78, 5) is 35.9. The maximum Gasteiger partial charge on any atom is 0.303 e. The lowest BCUT2D eigenvalue weighted by molar-refractivity contribution is -0.181. The quantitative estimate of drug-likeness (QED) is 0.702. The molecule has 0 saturated heterocycles. The highest BCUT2D eigenvalue weighted by Crippen LogP contribution is 2.67. The van der Waals surface area contributed by atoms with Crippen molar-refractivity contribution in [2.24, 2.45) is 28.6 Å². The first-order valence-corrected chi connectivity index (χ1v) is 10.5. The predicted octanol–water partition coefficient (Wildman–Crippen LogP) is 2.13. The zero-order valence-corrected chi connectivity index (χ0v) is 17.3. The van der Waals surface area contributed by atoms with Crippen molar-refractivity contribution in [3.05, 3.63) is 23.8 Å². The van der Waals surface area contributed by atoms with Gasteiger partial charge in [0.1, 0.15) is 5.60 Å². The Bertz CT molecular complexity index is 827. The number of carbonyl (C=O) groups is 3. The number of hydrogen-bond donors (Lipinski definition) is 2. The van der Waals surface area contributed by atoms with Gasteiger partial charge in [0.05, 0.1) is 6.10 Å². The first kappa shape index (κ1) is 20.5.